The van der Waals surface area contributed by atoms with Crippen LogP contribution in [0.2, 0.25) is 0 Å². The van der Waals surface area contributed by atoms with E-state index >= 15 is 0 Å². The van der Waals surface area contributed by atoms with Gasteiger partial charge in [0.05, 0.1) is 11.3 Å². The van der Waals surface area contributed by atoms with Gasteiger partial charge in [-0.3, -0.25) is 4.55 Å². The summed E-state index contributed by atoms with van der Waals surface area (Å²) < 4.78 is 39.1. The van der Waals surface area contributed by atoms with Gasteiger partial charge in [0, 0.05) is 24.4 Å². The molecule has 0 bridgehead atoms. The molecule has 0 aromatic carbocycles. The number of aryl methyl sites for hydroxylation is 2. The van der Waals surface area contributed by atoms with Crippen LogP contribution in [-0.4, -0.2) is 39.9 Å². The molecule has 9 heteroatoms. The fourth-order valence-electron chi connectivity index (χ4n) is 2.85. The van der Waals surface area contributed by atoms with Gasteiger partial charge in [0.25, 0.3) is 10.1 Å². The van der Waals surface area contributed by atoms with Crippen LogP contribution in [0.1, 0.15) is 37.9 Å². The van der Waals surface area contributed by atoms with Crippen molar-refractivity contribution in [3.05, 3.63) is 17.1 Å². The molecule has 140 valence electrons. The monoisotopic (exact) mass is 370 g/mol. The number of ether oxygens (including phenoxy) is 1. The van der Waals surface area contributed by atoms with Crippen molar-refractivity contribution in [1.29, 1.82) is 0 Å². The van der Waals surface area contributed by atoms with Gasteiger partial charge < -0.3 is 15.0 Å². The minimum atomic E-state index is -4.07. The number of nitrogens with zero attached hydrogens (tertiary/aromatic N) is 3. The van der Waals surface area contributed by atoms with Gasteiger partial charge in [0.2, 0.25) is 0 Å². The topological polar surface area (TPSA) is 120 Å². The summed E-state index contributed by atoms with van der Waals surface area (Å²) in [6.07, 6.45) is 0.145. The van der Waals surface area contributed by atoms with Crippen molar-refractivity contribution in [2.75, 3.05) is 18.1 Å². The lowest BCUT2D eigenvalue weighted by Crippen LogP contribution is -2.13. The highest BCUT2D eigenvalue weighted by Gasteiger charge is 2.21. The predicted molar refractivity (Wildman–Crippen MR) is 97.0 cm³/mol. The van der Waals surface area contributed by atoms with E-state index in [0.29, 0.717) is 42.7 Å². The van der Waals surface area contributed by atoms with Crippen LogP contribution in [0.25, 0.3) is 11.0 Å². The molecule has 3 N–H and O–H groups in total. The summed E-state index contributed by atoms with van der Waals surface area (Å²) in [6.45, 7) is 9.47. The first-order valence-electron chi connectivity index (χ1n) is 8.31. The van der Waals surface area contributed by atoms with E-state index < -0.39 is 10.1 Å². The van der Waals surface area contributed by atoms with Gasteiger partial charge >= 0.3 is 0 Å². The number of nitrogens with two attached hydrogens (primary N) is 1. The van der Waals surface area contributed by atoms with Crippen LogP contribution in [0.5, 0.6) is 0 Å². The third kappa shape index (κ3) is 4.68. The molecule has 0 spiro atoms. The first-order chi connectivity index (χ1) is 11.6. The van der Waals surface area contributed by atoms with Crippen LogP contribution in [0.4, 0.5) is 5.82 Å². The van der Waals surface area contributed by atoms with Crippen molar-refractivity contribution in [1.82, 2.24) is 14.5 Å². The van der Waals surface area contributed by atoms with E-state index in [-0.39, 0.29) is 12.2 Å². The van der Waals surface area contributed by atoms with Crippen LogP contribution in [0.3, 0.4) is 0 Å². The molecule has 0 aliphatic heterocycles. The van der Waals surface area contributed by atoms with Crippen LogP contribution < -0.4 is 5.73 Å². The number of pyridine rings is 1. The highest BCUT2D eigenvalue weighted by atomic mass is 32.2. The van der Waals surface area contributed by atoms with E-state index in [2.05, 4.69) is 23.8 Å². The summed E-state index contributed by atoms with van der Waals surface area (Å²) in [4.78, 5) is 8.89. The Kier molecular flexibility index (Phi) is 6.02. The van der Waals surface area contributed by atoms with E-state index in [0.717, 1.165) is 16.9 Å². The highest BCUT2D eigenvalue weighted by molar-refractivity contribution is 7.85. The zero-order valence-corrected chi connectivity index (χ0v) is 15.9. The maximum Gasteiger partial charge on any atom is 0.265 e. The van der Waals surface area contributed by atoms with Crippen molar-refractivity contribution in [3.8, 4) is 0 Å². The van der Waals surface area contributed by atoms with Gasteiger partial charge in [-0.05, 0) is 26.2 Å². The Morgan fingerprint density at radius 2 is 2.00 bits per heavy atom. The molecule has 2 heterocycles. The van der Waals surface area contributed by atoms with Crippen molar-refractivity contribution in [2.24, 2.45) is 5.92 Å². The molecule has 2 aromatic rings. The molecule has 0 saturated heterocycles. The molecule has 0 saturated carbocycles. The summed E-state index contributed by atoms with van der Waals surface area (Å²) in [5.41, 5.74) is 8.75. The fraction of sp³-hybridized carbons (Fsp3) is 0.625. The lowest BCUT2D eigenvalue weighted by Gasteiger charge is -2.15. The Labute approximate surface area is 148 Å². The molecular weight excluding hydrogens is 344 g/mol. The SMILES string of the molecule is CCOCc1nc2c(N)nc(C)c(CCS(=O)(=O)O)c2n1CC(C)C. The highest BCUT2D eigenvalue weighted by Crippen LogP contribution is 2.28. The Hall–Kier alpha value is -1.71. The number of rotatable bonds is 8. The van der Waals surface area contributed by atoms with Gasteiger partial charge in [-0.1, -0.05) is 13.8 Å². The van der Waals surface area contributed by atoms with Crippen LogP contribution in [-0.2, 0) is 34.4 Å². The minimum Gasteiger partial charge on any atom is -0.382 e. The van der Waals surface area contributed by atoms with Crippen molar-refractivity contribution < 1.29 is 17.7 Å². The number of hydrogen-bond acceptors (Lipinski definition) is 6. The maximum atomic E-state index is 11.2. The van der Waals surface area contributed by atoms with Crippen LogP contribution in [0, 0.1) is 12.8 Å². The predicted octanol–water partition coefficient (Wildman–Crippen LogP) is 1.94. The zero-order chi connectivity index (χ0) is 18.8. The smallest absolute Gasteiger partial charge is 0.265 e. The van der Waals surface area contributed by atoms with Crippen LogP contribution in [0.15, 0.2) is 0 Å². The van der Waals surface area contributed by atoms with Gasteiger partial charge in [-0.2, -0.15) is 8.42 Å². The van der Waals surface area contributed by atoms with Crippen LogP contribution >= 0.6 is 0 Å². The van der Waals surface area contributed by atoms with Gasteiger partial charge in [0.1, 0.15) is 17.9 Å². The van der Waals surface area contributed by atoms with E-state index in [1.54, 1.807) is 6.92 Å². The normalized spacial score (nSPS) is 12.4. The molecule has 0 fully saturated rings. The molecule has 0 aliphatic carbocycles. The lowest BCUT2D eigenvalue weighted by atomic mass is 10.1. The first-order valence-corrected chi connectivity index (χ1v) is 9.91. The molecule has 0 radical (unpaired) electrons. The Balaban J connectivity index is 2.67. The Morgan fingerprint density at radius 3 is 2.56 bits per heavy atom. The number of fused-ring (bicyclic) bond motifs is 1. The van der Waals surface area contributed by atoms with E-state index in [9.17, 15) is 8.42 Å². The van der Waals surface area contributed by atoms with E-state index in [4.69, 9.17) is 15.0 Å². The second-order valence-corrected chi connectivity index (χ2v) is 8.04. The lowest BCUT2D eigenvalue weighted by molar-refractivity contribution is 0.125. The molecule has 0 unspecified atom stereocenters. The molecular formula is C16H26N4O4S. The zero-order valence-electron chi connectivity index (χ0n) is 15.1. The molecule has 0 amide bonds. The summed E-state index contributed by atoms with van der Waals surface area (Å²) in [5.74, 6) is 1.02. The van der Waals surface area contributed by atoms with Crippen molar-refractivity contribution in [2.45, 2.75) is 47.3 Å². The van der Waals surface area contributed by atoms with Gasteiger partial charge in [-0.15, -0.1) is 0 Å². The molecule has 2 aromatic heterocycles. The molecule has 0 aliphatic rings. The quantitative estimate of drug-likeness (QED) is 0.681. The number of imidazole rings is 1. The second-order valence-electron chi connectivity index (χ2n) is 6.46. The van der Waals surface area contributed by atoms with Crippen molar-refractivity contribution in [3.63, 3.8) is 0 Å². The molecule has 0 atom stereocenters. The minimum absolute atomic E-state index is 0.145. The first kappa shape index (κ1) is 19.6. The summed E-state index contributed by atoms with van der Waals surface area (Å²) in [6, 6.07) is 0. The number of anilines is 1. The van der Waals surface area contributed by atoms with Gasteiger partial charge in [-0.25, -0.2) is 9.97 Å². The Bertz CT molecular complexity index is 859. The average molecular weight is 370 g/mol. The Morgan fingerprint density at radius 1 is 1.32 bits per heavy atom. The fourth-order valence-corrected chi connectivity index (χ4v) is 3.31. The van der Waals surface area contributed by atoms with Crippen molar-refractivity contribution >= 4 is 27.0 Å². The summed E-state index contributed by atoms with van der Waals surface area (Å²) >= 11 is 0. The third-order valence-electron chi connectivity index (χ3n) is 3.89. The summed E-state index contributed by atoms with van der Waals surface area (Å²) in [7, 11) is -4.07. The number of hydrogen-bond donors (Lipinski definition) is 2. The average Bonchev–Trinajstić information content (AvgIpc) is 2.82. The van der Waals surface area contributed by atoms with E-state index in [1.807, 2.05) is 11.5 Å². The third-order valence-corrected chi connectivity index (χ3v) is 4.61. The maximum absolute atomic E-state index is 11.2. The van der Waals surface area contributed by atoms with Gasteiger partial charge in [0.15, 0.2) is 5.82 Å². The van der Waals surface area contributed by atoms with E-state index in [1.165, 1.54) is 0 Å². The number of nitrogen functional groups attached to an aromatic ring is 1. The largest absolute Gasteiger partial charge is 0.382 e. The number of aromatic nitrogens is 3. The standard InChI is InChI=1S/C16H26N4O4S/c1-5-24-9-13-19-14-15(20(13)8-10(2)3)12(6-7-25(21,22)23)11(4)18-16(14)17/h10H,5-9H2,1-4H3,(H2,17,18)(H,21,22,23). The summed E-state index contributed by atoms with van der Waals surface area (Å²) in [5, 5.41) is 0. The molecule has 8 nitrogen and oxygen atoms in total. The molecule has 25 heavy (non-hydrogen) atoms. The molecule has 2 rings (SSSR count). The second kappa shape index (κ2) is 7.67.